The van der Waals surface area contributed by atoms with Gasteiger partial charge < -0.3 is 5.73 Å². The van der Waals surface area contributed by atoms with E-state index in [9.17, 15) is 0 Å². The van der Waals surface area contributed by atoms with Gasteiger partial charge in [-0.25, -0.2) is 0 Å². The molecular formula is C13H11Cl2NS. The van der Waals surface area contributed by atoms with Crippen LogP contribution in [0.5, 0.6) is 0 Å². The van der Waals surface area contributed by atoms with Crippen LogP contribution in [-0.2, 0) is 5.75 Å². The molecule has 2 aromatic rings. The maximum atomic E-state index is 5.96. The number of nitrogens with two attached hydrogens (primary N) is 1. The Hall–Kier alpha value is -0.830. The molecule has 4 heteroatoms. The molecule has 0 aliphatic carbocycles. The Balaban J connectivity index is 2.07. The predicted octanol–water partition coefficient (Wildman–Crippen LogP) is 4.87. The van der Waals surface area contributed by atoms with Gasteiger partial charge in [-0.3, -0.25) is 0 Å². The zero-order chi connectivity index (χ0) is 12.3. The van der Waals surface area contributed by atoms with Crippen molar-refractivity contribution in [2.45, 2.75) is 10.6 Å². The van der Waals surface area contributed by atoms with E-state index < -0.39 is 0 Å². The molecule has 0 saturated carbocycles. The monoisotopic (exact) mass is 283 g/mol. The quantitative estimate of drug-likeness (QED) is 0.643. The third-order valence-corrected chi connectivity index (χ3v) is 4.05. The molecule has 2 rings (SSSR count). The molecular weight excluding hydrogens is 273 g/mol. The fraction of sp³-hybridized carbons (Fsp3) is 0.0769. The van der Waals surface area contributed by atoms with E-state index in [0.717, 1.165) is 15.7 Å². The number of thioether (sulfide) groups is 1. The van der Waals surface area contributed by atoms with Gasteiger partial charge in [0.25, 0.3) is 0 Å². The topological polar surface area (TPSA) is 26.0 Å². The molecule has 2 N–H and O–H groups in total. The molecule has 2 aromatic carbocycles. The molecule has 0 heterocycles. The zero-order valence-corrected chi connectivity index (χ0v) is 11.3. The Kier molecular flexibility index (Phi) is 4.21. The van der Waals surface area contributed by atoms with Gasteiger partial charge in [0.2, 0.25) is 0 Å². The van der Waals surface area contributed by atoms with Crippen LogP contribution in [0.25, 0.3) is 0 Å². The lowest BCUT2D eigenvalue weighted by Crippen LogP contribution is -1.90. The molecule has 0 unspecified atom stereocenters. The molecule has 0 spiro atoms. The zero-order valence-electron chi connectivity index (χ0n) is 8.99. The molecule has 0 bridgehead atoms. The highest BCUT2D eigenvalue weighted by molar-refractivity contribution is 7.98. The van der Waals surface area contributed by atoms with Gasteiger partial charge in [0.1, 0.15) is 0 Å². The van der Waals surface area contributed by atoms with Crippen LogP contribution < -0.4 is 5.73 Å². The summed E-state index contributed by atoms with van der Waals surface area (Å²) >= 11 is 13.5. The van der Waals surface area contributed by atoms with Gasteiger partial charge in [0.15, 0.2) is 0 Å². The fourth-order valence-electron chi connectivity index (χ4n) is 1.38. The first-order valence-electron chi connectivity index (χ1n) is 5.08. The minimum absolute atomic E-state index is 0.603. The highest BCUT2D eigenvalue weighted by Crippen LogP contribution is 2.32. The van der Waals surface area contributed by atoms with Gasteiger partial charge in [-0.05, 0) is 29.8 Å². The predicted molar refractivity (Wildman–Crippen MR) is 76.9 cm³/mol. The van der Waals surface area contributed by atoms with Crippen LogP contribution in [0, 0.1) is 0 Å². The lowest BCUT2D eigenvalue weighted by atomic mass is 10.2. The Morgan fingerprint density at radius 1 is 1.00 bits per heavy atom. The summed E-state index contributed by atoms with van der Waals surface area (Å²) in [6, 6.07) is 13.5. The van der Waals surface area contributed by atoms with Crippen LogP contribution >= 0.6 is 35.0 Å². The van der Waals surface area contributed by atoms with Crippen molar-refractivity contribution in [2.24, 2.45) is 0 Å². The largest absolute Gasteiger partial charge is 0.397 e. The summed E-state index contributed by atoms with van der Waals surface area (Å²) in [5, 5.41) is 1.35. The van der Waals surface area contributed by atoms with E-state index in [1.807, 2.05) is 36.4 Å². The number of hydrogen-bond acceptors (Lipinski definition) is 2. The second-order valence-electron chi connectivity index (χ2n) is 3.57. The molecule has 0 amide bonds. The van der Waals surface area contributed by atoms with Crippen molar-refractivity contribution in [3.63, 3.8) is 0 Å². The summed E-state index contributed by atoms with van der Waals surface area (Å²) in [7, 11) is 0. The summed E-state index contributed by atoms with van der Waals surface area (Å²) in [4.78, 5) is 1.01. The summed E-state index contributed by atoms with van der Waals surface area (Å²) in [6.45, 7) is 0. The average Bonchev–Trinajstić information content (AvgIpc) is 2.33. The molecule has 0 aliphatic heterocycles. The molecule has 0 radical (unpaired) electrons. The minimum Gasteiger partial charge on any atom is -0.397 e. The number of nitrogen functional groups attached to an aromatic ring is 1. The average molecular weight is 284 g/mol. The maximum absolute atomic E-state index is 5.96. The van der Waals surface area contributed by atoms with Gasteiger partial charge in [-0.2, -0.15) is 0 Å². The van der Waals surface area contributed by atoms with Crippen molar-refractivity contribution in [3.05, 3.63) is 58.1 Å². The van der Waals surface area contributed by atoms with E-state index in [2.05, 4.69) is 0 Å². The van der Waals surface area contributed by atoms with Gasteiger partial charge in [-0.15, -0.1) is 11.8 Å². The van der Waals surface area contributed by atoms with E-state index in [4.69, 9.17) is 28.9 Å². The summed E-state index contributed by atoms with van der Waals surface area (Å²) < 4.78 is 0. The summed E-state index contributed by atoms with van der Waals surface area (Å²) in [5.41, 5.74) is 7.75. The van der Waals surface area contributed by atoms with Crippen molar-refractivity contribution >= 4 is 40.7 Å². The molecule has 0 fully saturated rings. The van der Waals surface area contributed by atoms with Crippen molar-refractivity contribution in [2.75, 3.05) is 5.73 Å². The van der Waals surface area contributed by atoms with Gasteiger partial charge >= 0.3 is 0 Å². The van der Waals surface area contributed by atoms with E-state index in [0.29, 0.717) is 10.7 Å². The Morgan fingerprint density at radius 2 is 1.71 bits per heavy atom. The number of hydrogen-bond donors (Lipinski definition) is 1. The van der Waals surface area contributed by atoms with Crippen LogP contribution in [0.2, 0.25) is 10.0 Å². The maximum Gasteiger partial charge on any atom is 0.0646 e. The molecule has 0 saturated heterocycles. The molecule has 1 nitrogen and oxygen atoms in total. The normalized spacial score (nSPS) is 10.5. The first-order valence-corrected chi connectivity index (χ1v) is 6.82. The summed E-state index contributed by atoms with van der Waals surface area (Å²) in [6.07, 6.45) is 0. The van der Waals surface area contributed by atoms with Gasteiger partial charge in [-0.1, -0.05) is 41.4 Å². The second-order valence-corrected chi connectivity index (χ2v) is 5.43. The van der Waals surface area contributed by atoms with Gasteiger partial charge in [0, 0.05) is 15.7 Å². The number of rotatable bonds is 3. The van der Waals surface area contributed by atoms with E-state index in [-0.39, 0.29) is 0 Å². The van der Waals surface area contributed by atoms with Crippen LogP contribution in [0.1, 0.15) is 5.56 Å². The van der Waals surface area contributed by atoms with Crippen LogP contribution in [-0.4, -0.2) is 0 Å². The number of benzene rings is 2. The highest BCUT2D eigenvalue weighted by atomic mass is 35.5. The smallest absolute Gasteiger partial charge is 0.0646 e. The molecule has 0 aromatic heterocycles. The van der Waals surface area contributed by atoms with E-state index in [1.54, 1.807) is 17.8 Å². The molecule has 17 heavy (non-hydrogen) atoms. The third kappa shape index (κ3) is 3.32. The fourth-order valence-corrected chi connectivity index (χ4v) is 2.70. The molecule has 88 valence electrons. The molecule has 0 aliphatic rings. The lowest BCUT2D eigenvalue weighted by Gasteiger charge is -2.06. The lowest BCUT2D eigenvalue weighted by molar-refractivity contribution is 1.38. The standard InChI is InChI=1S/C13H11Cl2NS/c14-10-6-4-9(5-7-10)8-17-12-3-1-2-11(15)13(12)16/h1-7H,8,16H2. The number of anilines is 1. The Bertz CT molecular complexity index is 511. The molecule has 0 atom stereocenters. The highest BCUT2D eigenvalue weighted by Gasteiger charge is 2.03. The van der Waals surface area contributed by atoms with Crippen LogP contribution in [0.15, 0.2) is 47.4 Å². The number of para-hydroxylation sites is 1. The Morgan fingerprint density at radius 3 is 2.41 bits per heavy atom. The van der Waals surface area contributed by atoms with Crippen LogP contribution in [0.3, 0.4) is 0 Å². The van der Waals surface area contributed by atoms with Crippen molar-refractivity contribution < 1.29 is 0 Å². The SMILES string of the molecule is Nc1c(Cl)cccc1SCc1ccc(Cl)cc1. The first kappa shape index (κ1) is 12.6. The summed E-state index contributed by atoms with van der Waals surface area (Å²) in [5.74, 6) is 0.849. The Labute approximate surface area is 115 Å². The van der Waals surface area contributed by atoms with Crippen molar-refractivity contribution in [1.29, 1.82) is 0 Å². The van der Waals surface area contributed by atoms with E-state index in [1.165, 1.54) is 5.56 Å². The van der Waals surface area contributed by atoms with Crippen molar-refractivity contribution in [1.82, 2.24) is 0 Å². The van der Waals surface area contributed by atoms with Gasteiger partial charge in [0.05, 0.1) is 10.7 Å². The second kappa shape index (κ2) is 5.67. The number of halogens is 2. The third-order valence-electron chi connectivity index (χ3n) is 2.32. The van der Waals surface area contributed by atoms with Crippen LogP contribution in [0.4, 0.5) is 5.69 Å². The van der Waals surface area contributed by atoms with Crippen molar-refractivity contribution in [3.8, 4) is 0 Å². The minimum atomic E-state index is 0.603. The van der Waals surface area contributed by atoms with E-state index >= 15 is 0 Å². The first-order chi connectivity index (χ1) is 8.16.